The highest BCUT2D eigenvalue weighted by molar-refractivity contribution is 5.76. The molecule has 2 atom stereocenters. The second-order valence-corrected chi connectivity index (χ2v) is 25.3. The Hall–Kier alpha value is -1.66. The molecule has 474 valence electrons. The largest absolute Gasteiger partial charge is 0.466 e. The van der Waals surface area contributed by atoms with E-state index in [0.29, 0.717) is 19.4 Å². The van der Waals surface area contributed by atoms with Gasteiger partial charge in [-0.05, 0) is 57.8 Å². The molecule has 0 aliphatic carbocycles. The van der Waals surface area contributed by atoms with Crippen LogP contribution in [0.2, 0.25) is 0 Å². The zero-order valence-electron chi connectivity index (χ0n) is 54.3. The van der Waals surface area contributed by atoms with Crippen LogP contribution in [0.25, 0.3) is 0 Å². The number of esters is 1. The summed E-state index contributed by atoms with van der Waals surface area (Å²) in [6.07, 6.45) is 88.3. The molecule has 6 heteroatoms. The first-order valence-electron chi connectivity index (χ1n) is 36.6. The third kappa shape index (κ3) is 65.5. The van der Waals surface area contributed by atoms with Gasteiger partial charge in [-0.2, -0.15) is 0 Å². The molecule has 0 bridgehead atoms. The quantitative estimate of drug-likeness (QED) is 0.0320. The second kappa shape index (κ2) is 69.8. The van der Waals surface area contributed by atoms with Crippen LogP contribution in [-0.2, 0) is 14.3 Å². The molecule has 0 aliphatic rings. The van der Waals surface area contributed by atoms with Crippen LogP contribution in [0.4, 0.5) is 0 Å². The Morgan fingerprint density at radius 3 is 0.887 bits per heavy atom. The number of rotatable bonds is 69. The molecule has 0 rings (SSSR count). The van der Waals surface area contributed by atoms with E-state index in [-0.39, 0.29) is 18.5 Å². The van der Waals surface area contributed by atoms with E-state index in [9.17, 15) is 19.8 Å². The smallest absolute Gasteiger partial charge is 0.305 e. The van der Waals surface area contributed by atoms with Crippen molar-refractivity contribution in [1.82, 2.24) is 5.32 Å². The van der Waals surface area contributed by atoms with Crippen LogP contribution in [0.1, 0.15) is 412 Å². The number of allylic oxidation sites excluding steroid dienone is 3. The fraction of sp³-hybridized carbons (Fsp3) is 0.919. The lowest BCUT2D eigenvalue weighted by molar-refractivity contribution is -0.143. The summed E-state index contributed by atoms with van der Waals surface area (Å²) in [6, 6.07) is -0.632. The maximum Gasteiger partial charge on any atom is 0.305 e. The van der Waals surface area contributed by atoms with Crippen molar-refractivity contribution < 1.29 is 24.5 Å². The number of unbranched alkanes of at least 4 members (excludes halogenated alkanes) is 56. The van der Waals surface area contributed by atoms with Crippen LogP contribution in [0, 0.1) is 0 Å². The number of amides is 1. The van der Waals surface area contributed by atoms with E-state index >= 15 is 0 Å². The number of aliphatic hydroxyl groups is 2. The van der Waals surface area contributed by atoms with E-state index < -0.39 is 12.1 Å². The summed E-state index contributed by atoms with van der Waals surface area (Å²) in [5.41, 5.74) is 0. The molecule has 0 aliphatic heterocycles. The third-order valence-corrected chi connectivity index (χ3v) is 17.2. The van der Waals surface area contributed by atoms with Crippen LogP contribution in [0.15, 0.2) is 24.3 Å². The van der Waals surface area contributed by atoms with Crippen LogP contribution >= 0.6 is 0 Å². The lowest BCUT2D eigenvalue weighted by Crippen LogP contribution is -2.45. The van der Waals surface area contributed by atoms with E-state index in [1.165, 1.54) is 347 Å². The molecule has 0 spiro atoms. The van der Waals surface area contributed by atoms with Crippen LogP contribution in [0.5, 0.6) is 0 Å². The molecular weight excluding hydrogens is 983 g/mol. The zero-order chi connectivity index (χ0) is 57.8. The molecule has 0 aromatic carbocycles. The SMILES string of the molecule is CCCCCCCCCCCCCCCCCCCC/C=C/C(O)C(CO)NC(=O)CCCCCCCCCC/C=C\CCCCCCCCCCCCCCOC(=O)CCCCCCCCCCCCCCCCCCCCC. The molecular formula is C74H143NO5. The number of nitrogens with one attached hydrogen (secondary N) is 1. The number of hydrogen-bond donors (Lipinski definition) is 3. The monoisotopic (exact) mass is 1130 g/mol. The van der Waals surface area contributed by atoms with E-state index in [1.54, 1.807) is 6.08 Å². The highest BCUT2D eigenvalue weighted by atomic mass is 16.5. The summed E-state index contributed by atoms with van der Waals surface area (Å²) < 4.78 is 5.51. The van der Waals surface area contributed by atoms with Crippen LogP contribution in [0.3, 0.4) is 0 Å². The van der Waals surface area contributed by atoms with Crippen LogP contribution in [-0.4, -0.2) is 47.4 Å². The van der Waals surface area contributed by atoms with Gasteiger partial charge in [0.15, 0.2) is 0 Å². The van der Waals surface area contributed by atoms with E-state index in [0.717, 1.165) is 38.5 Å². The van der Waals surface area contributed by atoms with Gasteiger partial charge in [0.1, 0.15) is 0 Å². The maximum absolute atomic E-state index is 12.5. The van der Waals surface area contributed by atoms with Gasteiger partial charge in [-0.25, -0.2) is 0 Å². The third-order valence-electron chi connectivity index (χ3n) is 17.2. The topological polar surface area (TPSA) is 95.9 Å². The summed E-state index contributed by atoms with van der Waals surface area (Å²) in [5, 5.41) is 23.2. The van der Waals surface area contributed by atoms with Crippen molar-refractivity contribution in [2.45, 2.75) is 424 Å². The van der Waals surface area contributed by atoms with Crippen molar-refractivity contribution in [2.75, 3.05) is 13.2 Å². The molecule has 3 N–H and O–H groups in total. The Balaban J connectivity index is 3.40. The van der Waals surface area contributed by atoms with Crippen LogP contribution < -0.4 is 5.32 Å². The second-order valence-electron chi connectivity index (χ2n) is 25.3. The summed E-state index contributed by atoms with van der Waals surface area (Å²) in [7, 11) is 0. The molecule has 0 saturated heterocycles. The molecule has 0 saturated carbocycles. The molecule has 0 heterocycles. The van der Waals surface area contributed by atoms with Gasteiger partial charge in [0.2, 0.25) is 5.91 Å². The van der Waals surface area contributed by atoms with Crippen molar-refractivity contribution in [2.24, 2.45) is 0 Å². The summed E-state index contributed by atoms with van der Waals surface area (Å²) in [4.78, 5) is 24.6. The lowest BCUT2D eigenvalue weighted by atomic mass is 10.0. The number of carbonyl (C=O) groups excluding carboxylic acids is 2. The van der Waals surface area contributed by atoms with E-state index in [4.69, 9.17) is 4.74 Å². The lowest BCUT2D eigenvalue weighted by Gasteiger charge is -2.20. The fourth-order valence-electron chi connectivity index (χ4n) is 11.6. The van der Waals surface area contributed by atoms with Gasteiger partial charge in [0.25, 0.3) is 0 Å². The average molecular weight is 1130 g/mol. The number of ether oxygens (including phenoxy) is 1. The number of carbonyl (C=O) groups is 2. The molecule has 0 fully saturated rings. The minimum Gasteiger partial charge on any atom is -0.466 e. The molecule has 1 amide bonds. The van der Waals surface area contributed by atoms with Gasteiger partial charge in [-0.15, -0.1) is 0 Å². The van der Waals surface area contributed by atoms with Crippen molar-refractivity contribution in [3.8, 4) is 0 Å². The molecule has 80 heavy (non-hydrogen) atoms. The normalized spacial score (nSPS) is 12.6. The Kier molecular flexibility index (Phi) is 68.4. The van der Waals surface area contributed by atoms with Gasteiger partial charge in [0, 0.05) is 12.8 Å². The van der Waals surface area contributed by atoms with E-state index in [1.807, 2.05) is 6.08 Å². The standard InChI is InChI=1S/C74H143NO5/c1-3-5-7-9-11-13-15-17-19-21-23-31-34-38-42-46-50-54-58-62-66-72(77)71(70-76)75-73(78)67-63-59-55-51-47-43-39-35-32-28-26-24-25-27-29-33-37-41-45-49-53-57-61-65-69-80-74(79)68-64-60-56-52-48-44-40-36-30-22-20-18-16-14-12-10-8-6-4-2/h26,28,62,66,71-72,76-77H,3-25,27,29-61,63-65,67-70H2,1-2H3,(H,75,78)/b28-26-,66-62+. The predicted molar refractivity (Wildman–Crippen MR) is 352 cm³/mol. The van der Waals surface area contributed by atoms with Crippen molar-refractivity contribution in [3.63, 3.8) is 0 Å². The number of hydrogen-bond acceptors (Lipinski definition) is 5. The van der Waals surface area contributed by atoms with Crippen molar-refractivity contribution in [1.29, 1.82) is 0 Å². The van der Waals surface area contributed by atoms with E-state index in [2.05, 4.69) is 31.3 Å². The molecule has 6 nitrogen and oxygen atoms in total. The van der Waals surface area contributed by atoms with Crippen molar-refractivity contribution >= 4 is 11.9 Å². The molecule has 2 unspecified atom stereocenters. The highest BCUT2D eigenvalue weighted by Gasteiger charge is 2.18. The Labute approximate surface area is 501 Å². The Morgan fingerprint density at radius 1 is 0.338 bits per heavy atom. The zero-order valence-corrected chi connectivity index (χ0v) is 54.3. The average Bonchev–Trinajstić information content (AvgIpc) is 3.46. The number of aliphatic hydroxyl groups excluding tert-OH is 2. The van der Waals surface area contributed by atoms with Gasteiger partial charge >= 0.3 is 5.97 Å². The molecule has 0 aromatic rings. The summed E-state index contributed by atoms with van der Waals surface area (Å²) in [5.74, 6) is -0.0507. The minimum atomic E-state index is -0.848. The van der Waals surface area contributed by atoms with Gasteiger partial charge in [0.05, 0.1) is 25.4 Å². The predicted octanol–water partition coefficient (Wildman–Crippen LogP) is 23.7. The van der Waals surface area contributed by atoms with Gasteiger partial charge in [-0.1, -0.05) is 366 Å². The first-order valence-corrected chi connectivity index (χ1v) is 36.6. The Morgan fingerprint density at radius 2 is 0.588 bits per heavy atom. The fourth-order valence-corrected chi connectivity index (χ4v) is 11.6. The first kappa shape index (κ1) is 78.3. The molecule has 0 aromatic heterocycles. The van der Waals surface area contributed by atoms with Gasteiger partial charge in [-0.3, -0.25) is 9.59 Å². The molecule has 0 radical (unpaired) electrons. The van der Waals surface area contributed by atoms with Gasteiger partial charge < -0.3 is 20.3 Å². The summed E-state index contributed by atoms with van der Waals surface area (Å²) >= 11 is 0. The summed E-state index contributed by atoms with van der Waals surface area (Å²) in [6.45, 7) is 4.95. The highest BCUT2D eigenvalue weighted by Crippen LogP contribution is 2.19. The maximum atomic E-state index is 12.5. The Bertz CT molecular complexity index is 1250. The first-order chi connectivity index (χ1) is 39.5. The minimum absolute atomic E-state index is 0.0178. The van der Waals surface area contributed by atoms with Crippen molar-refractivity contribution in [3.05, 3.63) is 24.3 Å².